The zero-order valence-corrected chi connectivity index (χ0v) is 9.37. The second-order valence-electron chi connectivity index (χ2n) is 3.45. The average Bonchev–Trinajstić information content (AvgIpc) is 2.78. The van der Waals surface area contributed by atoms with Crippen molar-refractivity contribution in [1.29, 1.82) is 0 Å². The number of rotatable bonds is 3. The van der Waals surface area contributed by atoms with E-state index in [0.717, 1.165) is 10.6 Å². The van der Waals surface area contributed by atoms with Crippen molar-refractivity contribution in [3.63, 3.8) is 0 Å². The van der Waals surface area contributed by atoms with Gasteiger partial charge in [-0.15, -0.1) is 11.8 Å². The van der Waals surface area contributed by atoms with E-state index in [1.807, 2.05) is 36.4 Å². The fourth-order valence-electron chi connectivity index (χ4n) is 1.45. The van der Waals surface area contributed by atoms with Crippen LogP contribution in [0.3, 0.4) is 0 Å². The molecule has 1 aromatic carbocycles. The molecule has 1 saturated heterocycles. The van der Waals surface area contributed by atoms with Gasteiger partial charge in [0.25, 0.3) is 0 Å². The van der Waals surface area contributed by atoms with E-state index in [9.17, 15) is 9.59 Å². The molecule has 0 spiro atoms. The number of aldehydes is 1. The third-order valence-electron chi connectivity index (χ3n) is 2.28. The summed E-state index contributed by atoms with van der Waals surface area (Å²) in [6, 6.07) is 9.49. The van der Waals surface area contributed by atoms with Crippen LogP contribution in [0.4, 0.5) is 0 Å². The third kappa shape index (κ3) is 2.52. The molecule has 1 heterocycles. The summed E-state index contributed by atoms with van der Waals surface area (Å²) in [4.78, 5) is 21.5. The van der Waals surface area contributed by atoms with Gasteiger partial charge in [-0.25, -0.2) is 0 Å². The van der Waals surface area contributed by atoms with Crippen LogP contribution in [0.25, 0.3) is 6.08 Å². The van der Waals surface area contributed by atoms with Crippen molar-refractivity contribution in [3.05, 3.63) is 40.9 Å². The molecule has 4 heteroatoms. The molecule has 2 rings (SSSR count). The highest BCUT2D eigenvalue weighted by Crippen LogP contribution is 2.24. The van der Waals surface area contributed by atoms with Gasteiger partial charge in [-0.2, -0.15) is 0 Å². The van der Waals surface area contributed by atoms with Crippen LogP contribution in [0, 0.1) is 0 Å². The number of nitrogens with one attached hydrogen (secondary N) is 1. The molecule has 1 atom stereocenters. The number of hydrogen-bond donors (Lipinski definition) is 1. The Kier molecular flexibility index (Phi) is 3.41. The molecular weight excluding hydrogens is 222 g/mol. The topological polar surface area (TPSA) is 46.2 Å². The summed E-state index contributed by atoms with van der Waals surface area (Å²) in [6.07, 6.45) is 2.35. The van der Waals surface area contributed by atoms with Gasteiger partial charge in [0.15, 0.2) is 6.29 Å². The average molecular weight is 233 g/mol. The first-order valence-electron chi connectivity index (χ1n) is 4.94. The van der Waals surface area contributed by atoms with Crippen LogP contribution in [-0.2, 0) is 9.59 Å². The van der Waals surface area contributed by atoms with Gasteiger partial charge >= 0.3 is 0 Å². The van der Waals surface area contributed by atoms with Gasteiger partial charge in [-0.3, -0.25) is 9.59 Å². The Morgan fingerprint density at radius 2 is 2.12 bits per heavy atom. The van der Waals surface area contributed by atoms with Crippen molar-refractivity contribution in [2.24, 2.45) is 0 Å². The van der Waals surface area contributed by atoms with Crippen molar-refractivity contribution in [1.82, 2.24) is 5.32 Å². The third-order valence-corrected chi connectivity index (χ3v) is 3.33. The second kappa shape index (κ2) is 4.99. The fourth-order valence-corrected chi connectivity index (χ4v) is 2.49. The lowest BCUT2D eigenvalue weighted by Gasteiger charge is -2.03. The highest BCUT2D eigenvalue weighted by atomic mass is 32.2. The van der Waals surface area contributed by atoms with Gasteiger partial charge in [-0.05, 0) is 11.6 Å². The molecule has 1 N–H and O–H groups in total. The fraction of sp³-hybridized carbons (Fsp3) is 0.167. The normalized spacial score (nSPS) is 21.8. The van der Waals surface area contributed by atoms with E-state index in [0.29, 0.717) is 12.0 Å². The molecule has 1 aliphatic rings. The highest BCUT2D eigenvalue weighted by molar-refractivity contribution is 8.03. The summed E-state index contributed by atoms with van der Waals surface area (Å²) in [7, 11) is 0. The quantitative estimate of drug-likeness (QED) is 0.634. The summed E-state index contributed by atoms with van der Waals surface area (Å²) in [5.74, 6) is 0.236. The first-order valence-corrected chi connectivity index (χ1v) is 5.93. The summed E-state index contributed by atoms with van der Waals surface area (Å²) >= 11 is 1.56. The molecule has 1 fully saturated rings. The van der Waals surface area contributed by atoms with Gasteiger partial charge in [-0.1, -0.05) is 30.3 Å². The lowest BCUT2D eigenvalue weighted by molar-refractivity contribution is -0.130. The summed E-state index contributed by atoms with van der Waals surface area (Å²) in [5, 5.41) is 3.97. The molecule has 0 amide bonds. The predicted octanol–water partition coefficient (Wildman–Crippen LogP) is 1.46. The van der Waals surface area contributed by atoms with Crippen LogP contribution >= 0.6 is 11.8 Å². The van der Waals surface area contributed by atoms with Crippen molar-refractivity contribution in [2.75, 3.05) is 5.75 Å². The Labute approximate surface area is 97.9 Å². The molecule has 16 heavy (non-hydrogen) atoms. The smallest absolute Gasteiger partial charge is 0.218 e. The molecule has 82 valence electrons. The van der Waals surface area contributed by atoms with Crippen molar-refractivity contribution >= 4 is 29.9 Å². The second-order valence-corrected chi connectivity index (χ2v) is 4.51. The van der Waals surface area contributed by atoms with E-state index in [2.05, 4.69) is 5.32 Å². The maximum Gasteiger partial charge on any atom is 0.218 e. The number of carbonyl (C=O) groups is 2. The number of hydrogen-bond acceptors (Lipinski definition) is 4. The molecule has 3 nitrogen and oxygen atoms in total. The van der Waals surface area contributed by atoms with Gasteiger partial charge in [0.1, 0.15) is 6.04 Å². The van der Waals surface area contributed by atoms with Gasteiger partial charge in [0.05, 0.1) is 5.03 Å². The van der Waals surface area contributed by atoms with E-state index >= 15 is 0 Å². The molecule has 0 radical (unpaired) electrons. The lowest BCUT2D eigenvalue weighted by atomic mass is 10.2. The zero-order chi connectivity index (χ0) is 11.4. The number of carbonyl (C=O) groups excluding carboxylic acids is 2. The Morgan fingerprint density at radius 1 is 1.38 bits per heavy atom. The zero-order valence-electron chi connectivity index (χ0n) is 8.55. The number of thioether (sulfide) groups is 1. The first kappa shape index (κ1) is 11.0. The monoisotopic (exact) mass is 233 g/mol. The number of benzene rings is 1. The van der Waals surface area contributed by atoms with E-state index < -0.39 is 0 Å². The molecule has 0 saturated carbocycles. The van der Waals surface area contributed by atoms with E-state index in [4.69, 9.17) is 0 Å². The predicted molar refractivity (Wildman–Crippen MR) is 64.9 cm³/mol. The van der Waals surface area contributed by atoms with E-state index in [1.165, 1.54) is 0 Å². The Morgan fingerprint density at radius 3 is 2.81 bits per heavy atom. The Balaban J connectivity index is 2.06. The number of Topliss-reactive ketones (excluding diaryl/α,β-unsaturated/α-hetero) is 1. The summed E-state index contributed by atoms with van der Waals surface area (Å²) in [6.45, 7) is 0. The maximum atomic E-state index is 11.1. The van der Waals surface area contributed by atoms with Crippen LogP contribution in [0.5, 0.6) is 0 Å². The molecule has 1 unspecified atom stereocenters. The van der Waals surface area contributed by atoms with Crippen LogP contribution in [0.2, 0.25) is 0 Å². The van der Waals surface area contributed by atoms with Crippen LogP contribution in [0.15, 0.2) is 35.4 Å². The Hall–Kier alpha value is -1.55. The molecule has 1 aliphatic heterocycles. The van der Waals surface area contributed by atoms with E-state index in [-0.39, 0.29) is 11.8 Å². The highest BCUT2D eigenvalue weighted by Gasteiger charge is 2.24. The van der Waals surface area contributed by atoms with Gasteiger partial charge in [0.2, 0.25) is 5.78 Å². The molecular formula is C12H11NO2S. The molecule has 1 aromatic rings. The van der Waals surface area contributed by atoms with E-state index in [1.54, 1.807) is 11.8 Å². The van der Waals surface area contributed by atoms with Gasteiger partial charge < -0.3 is 5.32 Å². The largest absolute Gasteiger partial charge is 0.369 e. The first-order chi connectivity index (χ1) is 7.79. The minimum atomic E-state index is -0.385. The van der Waals surface area contributed by atoms with Crippen molar-refractivity contribution < 1.29 is 9.59 Å². The van der Waals surface area contributed by atoms with Crippen molar-refractivity contribution in [2.45, 2.75) is 6.04 Å². The number of ketones is 1. The minimum absolute atomic E-state index is 0.363. The SMILES string of the molecule is O=CC(=O)C1CSC(=Cc2ccccc2)N1. The molecule has 0 bridgehead atoms. The lowest BCUT2D eigenvalue weighted by Crippen LogP contribution is -2.32. The molecule has 0 aromatic heterocycles. The molecule has 0 aliphatic carbocycles. The van der Waals surface area contributed by atoms with Crippen molar-refractivity contribution in [3.8, 4) is 0 Å². The Bertz CT molecular complexity index is 428. The minimum Gasteiger partial charge on any atom is -0.369 e. The summed E-state index contributed by atoms with van der Waals surface area (Å²) < 4.78 is 0. The van der Waals surface area contributed by atoms with Crippen LogP contribution in [-0.4, -0.2) is 23.9 Å². The van der Waals surface area contributed by atoms with Crippen LogP contribution < -0.4 is 5.32 Å². The van der Waals surface area contributed by atoms with Gasteiger partial charge in [0, 0.05) is 5.75 Å². The van der Waals surface area contributed by atoms with Crippen LogP contribution in [0.1, 0.15) is 5.56 Å². The standard InChI is InChI=1S/C12H11NO2S/c14-7-11(15)10-8-16-12(13-10)6-9-4-2-1-3-5-9/h1-7,10,13H,8H2. The maximum absolute atomic E-state index is 11.1. The summed E-state index contributed by atoms with van der Waals surface area (Å²) in [5.41, 5.74) is 1.08.